The van der Waals surface area contributed by atoms with Crippen molar-refractivity contribution in [3.8, 4) is 5.75 Å². The molecule has 2 amide bonds. The minimum absolute atomic E-state index is 0.281. The van der Waals surface area contributed by atoms with E-state index in [1.54, 1.807) is 0 Å². The van der Waals surface area contributed by atoms with E-state index in [1.807, 2.05) is 54.6 Å². The molecule has 0 saturated heterocycles. The smallest absolute Gasteiger partial charge is 0.407 e. The third-order valence-electron chi connectivity index (χ3n) is 3.43. The third-order valence-corrected chi connectivity index (χ3v) is 3.43. The summed E-state index contributed by atoms with van der Waals surface area (Å²) in [4.78, 5) is 22.6. The molecular weight excluding hydrogens is 308 g/mol. The molecule has 0 radical (unpaired) electrons. The third kappa shape index (κ3) is 5.31. The lowest BCUT2D eigenvalue weighted by Gasteiger charge is -2.15. The number of carbonyl (C=O) groups is 2. The van der Waals surface area contributed by atoms with Gasteiger partial charge in [-0.15, -0.1) is 0 Å². The van der Waals surface area contributed by atoms with Gasteiger partial charge in [0.2, 0.25) is 5.91 Å². The van der Waals surface area contributed by atoms with Crippen LogP contribution in [0.3, 0.4) is 0 Å². The van der Waals surface area contributed by atoms with Gasteiger partial charge >= 0.3 is 6.09 Å². The number of carbonyl (C=O) groups excluding carboxylic acids is 2. The highest BCUT2D eigenvalue weighted by atomic mass is 16.5. The van der Waals surface area contributed by atoms with Crippen LogP contribution >= 0.6 is 0 Å². The maximum absolute atomic E-state index is 11.4. The lowest BCUT2D eigenvalue weighted by atomic mass is 10.1. The zero-order valence-corrected chi connectivity index (χ0v) is 13.4. The fourth-order valence-electron chi connectivity index (χ4n) is 2.12. The van der Waals surface area contributed by atoms with Crippen LogP contribution in [0, 0.1) is 0 Å². The molecule has 0 fully saturated rings. The summed E-state index contributed by atoms with van der Waals surface area (Å²) >= 11 is 0. The zero-order valence-electron chi connectivity index (χ0n) is 13.4. The van der Waals surface area contributed by atoms with E-state index >= 15 is 0 Å². The van der Waals surface area contributed by atoms with E-state index < -0.39 is 18.0 Å². The Kier molecular flexibility index (Phi) is 6.19. The summed E-state index contributed by atoms with van der Waals surface area (Å²) in [7, 11) is 1.23. The molecule has 2 aromatic carbocycles. The predicted molar refractivity (Wildman–Crippen MR) is 89.4 cm³/mol. The van der Waals surface area contributed by atoms with Crippen LogP contribution in [0.1, 0.15) is 11.1 Å². The van der Waals surface area contributed by atoms with Crippen molar-refractivity contribution < 1.29 is 19.1 Å². The fraction of sp³-hybridized carbons (Fsp3) is 0.222. The largest absolute Gasteiger partial charge is 0.489 e. The van der Waals surface area contributed by atoms with E-state index in [1.165, 1.54) is 7.11 Å². The second kappa shape index (κ2) is 8.57. The van der Waals surface area contributed by atoms with Gasteiger partial charge in [-0.05, 0) is 23.3 Å². The number of amides is 2. The number of rotatable bonds is 7. The lowest BCUT2D eigenvalue weighted by Crippen LogP contribution is -2.45. The molecule has 3 N–H and O–H groups in total. The second-order valence-corrected chi connectivity index (χ2v) is 5.21. The Labute approximate surface area is 140 Å². The van der Waals surface area contributed by atoms with E-state index in [-0.39, 0.29) is 6.42 Å². The number of hydrogen-bond donors (Lipinski definition) is 2. The molecule has 0 aromatic heterocycles. The van der Waals surface area contributed by atoms with E-state index in [4.69, 9.17) is 10.5 Å². The van der Waals surface area contributed by atoms with E-state index in [0.717, 1.165) is 16.9 Å². The highest BCUT2D eigenvalue weighted by Gasteiger charge is 2.18. The molecule has 6 heteroatoms. The van der Waals surface area contributed by atoms with Crippen LogP contribution in [0.4, 0.5) is 4.79 Å². The Morgan fingerprint density at radius 3 is 2.29 bits per heavy atom. The van der Waals surface area contributed by atoms with Crippen molar-refractivity contribution in [2.75, 3.05) is 7.11 Å². The number of alkyl carbamates (subject to hydrolysis) is 1. The molecule has 0 aliphatic carbocycles. The van der Waals surface area contributed by atoms with Crippen molar-refractivity contribution in [3.05, 3.63) is 65.7 Å². The Bertz CT molecular complexity index is 671. The van der Waals surface area contributed by atoms with Crippen molar-refractivity contribution >= 4 is 12.0 Å². The maximum atomic E-state index is 11.4. The molecule has 0 spiro atoms. The zero-order chi connectivity index (χ0) is 17.4. The van der Waals surface area contributed by atoms with Crippen LogP contribution in [0.15, 0.2) is 54.6 Å². The number of hydrogen-bond acceptors (Lipinski definition) is 4. The summed E-state index contributed by atoms with van der Waals surface area (Å²) in [6.07, 6.45) is -0.412. The molecule has 126 valence electrons. The minimum atomic E-state index is -0.825. The summed E-state index contributed by atoms with van der Waals surface area (Å²) < 4.78 is 10.2. The van der Waals surface area contributed by atoms with Crippen LogP contribution in [0.25, 0.3) is 0 Å². The van der Waals surface area contributed by atoms with Gasteiger partial charge in [-0.2, -0.15) is 0 Å². The van der Waals surface area contributed by atoms with Crippen LogP contribution in [-0.2, 0) is 22.6 Å². The molecule has 0 aliphatic rings. The van der Waals surface area contributed by atoms with Gasteiger partial charge in [-0.25, -0.2) is 4.79 Å². The molecule has 0 aliphatic heterocycles. The SMILES string of the molecule is COC(=O)N[C@@H](Cc1ccc(OCc2ccccc2)cc1)C(N)=O. The van der Waals surface area contributed by atoms with Crippen molar-refractivity contribution in [3.63, 3.8) is 0 Å². The number of methoxy groups -OCH3 is 1. The van der Waals surface area contributed by atoms with E-state index in [9.17, 15) is 9.59 Å². The summed E-state index contributed by atoms with van der Waals surface area (Å²) in [6, 6.07) is 16.3. The van der Waals surface area contributed by atoms with Crippen LogP contribution in [0.5, 0.6) is 5.75 Å². The van der Waals surface area contributed by atoms with Gasteiger partial charge in [-0.3, -0.25) is 4.79 Å². The first kappa shape index (κ1) is 17.3. The normalized spacial score (nSPS) is 11.4. The van der Waals surface area contributed by atoms with Crippen LogP contribution in [0.2, 0.25) is 0 Å². The van der Waals surface area contributed by atoms with Gasteiger partial charge in [0, 0.05) is 6.42 Å². The average molecular weight is 328 g/mol. The summed E-state index contributed by atoms with van der Waals surface area (Å²) in [5, 5.41) is 2.41. The number of benzene rings is 2. The second-order valence-electron chi connectivity index (χ2n) is 5.21. The summed E-state index contributed by atoms with van der Waals surface area (Å²) in [5.41, 5.74) is 7.23. The molecule has 0 saturated carbocycles. The quantitative estimate of drug-likeness (QED) is 0.813. The Balaban J connectivity index is 1.92. The standard InChI is InChI=1S/C18H20N2O4/c1-23-18(22)20-16(17(19)21)11-13-7-9-15(10-8-13)24-12-14-5-3-2-4-6-14/h2-10,16H,11-12H2,1H3,(H2,19,21)(H,20,22)/t16-/m0/s1. The van der Waals surface area contributed by atoms with E-state index in [2.05, 4.69) is 10.1 Å². The number of primary amides is 1. The Morgan fingerprint density at radius 2 is 1.71 bits per heavy atom. The monoisotopic (exact) mass is 328 g/mol. The topological polar surface area (TPSA) is 90.7 Å². The van der Waals surface area contributed by atoms with Crippen molar-refractivity contribution in [1.82, 2.24) is 5.32 Å². The molecule has 2 rings (SSSR count). The van der Waals surface area contributed by atoms with Crippen molar-refractivity contribution in [1.29, 1.82) is 0 Å². The molecular formula is C18H20N2O4. The van der Waals surface area contributed by atoms with Gasteiger partial charge in [0.1, 0.15) is 18.4 Å². The number of ether oxygens (including phenoxy) is 2. The first-order valence-corrected chi connectivity index (χ1v) is 7.48. The molecule has 24 heavy (non-hydrogen) atoms. The first-order valence-electron chi connectivity index (χ1n) is 7.48. The Hall–Kier alpha value is -3.02. The fourth-order valence-corrected chi connectivity index (χ4v) is 2.12. The molecule has 0 bridgehead atoms. The van der Waals surface area contributed by atoms with Crippen molar-refractivity contribution in [2.24, 2.45) is 5.73 Å². The number of nitrogens with two attached hydrogens (primary N) is 1. The highest BCUT2D eigenvalue weighted by Crippen LogP contribution is 2.15. The van der Waals surface area contributed by atoms with Crippen LogP contribution < -0.4 is 15.8 Å². The van der Waals surface area contributed by atoms with Gasteiger partial charge < -0.3 is 20.5 Å². The minimum Gasteiger partial charge on any atom is -0.489 e. The lowest BCUT2D eigenvalue weighted by molar-refractivity contribution is -0.119. The Morgan fingerprint density at radius 1 is 1.04 bits per heavy atom. The average Bonchev–Trinajstić information content (AvgIpc) is 2.61. The highest BCUT2D eigenvalue weighted by molar-refractivity contribution is 5.84. The van der Waals surface area contributed by atoms with Gasteiger partial charge in [-0.1, -0.05) is 42.5 Å². The summed E-state index contributed by atoms with van der Waals surface area (Å²) in [5.74, 6) is 0.101. The first-order chi connectivity index (χ1) is 11.6. The molecule has 6 nitrogen and oxygen atoms in total. The van der Waals surface area contributed by atoms with Gasteiger partial charge in [0.05, 0.1) is 7.11 Å². The van der Waals surface area contributed by atoms with E-state index in [0.29, 0.717) is 6.61 Å². The van der Waals surface area contributed by atoms with Crippen molar-refractivity contribution in [2.45, 2.75) is 19.1 Å². The molecule has 2 aromatic rings. The van der Waals surface area contributed by atoms with Crippen LogP contribution in [-0.4, -0.2) is 25.2 Å². The number of nitrogens with one attached hydrogen (secondary N) is 1. The predicted octanol–water partition coefficient (Wildman–Crippen LogP) is 2.02. The van der Waals surface area contributed by atoms with Gasteiger partial charge in [0.25, 0.3) is 0 Å². The summed E-state index contributed by atoms with van der Waals surface area (Å²) in [6.45, 7) is 0.480. The maximum Gasteiger partial charge on any atom is 0.407 e. The van der Waals surface area contributed by atoms with Gasteiger partial charge in [0.15, 0.2) is 0 Å². The molecule has 0 unspecified atom stereocenters. The molecule has 1 atom stereocenters. The molecule has 0 heterocycles.